The van der Waals surface area contributed by atoms with Crippen molar-refractivity contribution < 1.29 is 4.74 Å². The summed E-state index contributed by atoms with van der Waals surface area (Å²) in [4.78, 5) is 16.4. The minimum atomic E-state index is 0.163. The summed E-state index contributed by atoms with van der Waals surface area (Å²) in [6.45, 7) is 11.1. The Morgan fingerprint density at radius 1 is 1.19 bits per heavy atom. The van der Waals surface area contributed by atoms with Gasteiger partial charge in [-0.2, -0.15) is 5.11 Å². The standard InChI is InChI=1S/C21H21ClN8O/c1-3-31-12-4-9-26-21-18(30-29-16-6-5-15(22)13-17(16)24-2)19(23)27-20(28-21)14-7-10-25-11-8-14/h5-8,10-11,13H,3-4,9,12H2,1H3,(H3,23,26,27,28). The quantitative estimate of drug-likeness (QED) is 0.257. The third kappa shape index (κ3) is 5.94. The average Bonchev–Trinajstić information content (AvgIpc) is 2.79. The van der Waals surface area contributed by atoms with Crippen molar-refractivity contribution in [2.45, 2.75) is 13.3 Å². The van der Waals surface area contributed by atoms with Gasteiger partial charge in [0.05, 0.1) is 12.3 Å². The van der Waals surface area contributed by atoms with E-state index in [-0.39, 0.29) is 11.5 Å². The molecule has 0 fully saturated rings. The molecule has 0 spiro atoms. The zero-order valence-electron chi connectivity index (χ0n) is 16.9. The number of nitrogens with zero attached hydrogens (tertiary/aromatic N) is 6. The number of pyridine rings is 1. The number of nitrogens with two attached hydrogens (primary N) is 1. The lowest BCUT2D eigenvalue weighted by Crippen LogP contribution is -2.09. The largest absolute Gasteiger partial charge is 0.382 e. The van der Waals surface area contributed by atoms with Gasteiger partial charge in [-0.15, -0.1) is 5.11 Å². The molecule has 0 amide bonds. The van der Waals surface area contributed by atoms with Crippen LogP contribution >= 0.6 is 11.6 Å². The van der Waals surface area contributed by atoms with Crippen LogP contribution in [0.15, 0.2) is 53.0 Å². The molecular weight excluding hydrogens is 416 g/mol. The predicted molar refractivity (Wildman–Crippen MR) is 121 cm³/mol. The first-order chi connectivity index (χ1) is 15.1. The lowest BCUT2D eigenvalue weighted by molar-refractivity contribution is 0.147. The van der Waals surface area contributed by atoms with Crippen LogP contribution in [0, 0.1) is 6.57 Å². The van der Waals surface area contributed by atoms with Gasteiger partial charge in [-0.3, -0.25) is 4.98 Å². The van der Waals surface area contributed by atoms with Crippen molar-refractivity contribution in [1.29, 1.82) is 0 Å². The van der Waals surface area contributed by atoms with E-state index in [4.69, 9.17) is 28.6 Å². The molecule has 10 heteroatoms. The second-order valence-corrected chi connectivity index (χ2v) is 6.72. The van der Waals surface area contributed by atoms with Crippen LogP contribution in [0.2, 0.25) is 5.02 Å². The summed E-state index contributed by atoms with van der Waals surface area (Å²) < 4.78 is 5.37. The van der Waals surface area contributed by atoms with Gasteiger partial charge in [-0.25, -0.2) is 14.8 Å². The second-order valence-electron chi connectivity index (χ2n) is 6.29. The zero-order chi connectivity index (χ0) is 22.1. The minimum Gasteiger partial charge on any atom is -0.382 e. The maximum atomic E-state index is 7.30. The van der Waals surface area contributed by atoms with Crippen molar-refractivity contribution in [2.75, 3.05) is 30.8 Å². The Bertz CT molecular complexity index is 1100. The summed E-state index contributed by atoms with van der Waals surface area (Å²) in [5, 5.41) is 12.1. The molecule has 0 bridgehead atoms. The number of nitrogen functional groups attached to an aromatic ring is 1. The van der Waals surface area contributed by atoms with Crippen molar-refractivity contribution in [3.05, 3.63) is 59.2 Å². The number of halogens is 1. The highest BCUT2D eigenvalue weighted by Gasteiger charge is 2.14. The Hall–Kier alpha value is -3.61. The SMILES string of the molecule is [C-]#[N+]c1cc(Cl)ccc1N=Nc1c(N)nc(-c2ccncc2)nc1NCCCOCC. The molecule has 0 saturated heterocycles. The lowest BCUT2D eigenvalue weighted by Gasteiger charge is -2.11. The topological polar surface area (TPSA) is 115 Å². The van der Waals surface area contributed by atoms with E-state index in [1.807, 2.05) is 6.92 Å². The van der Waals surface area contributed by atoms with Gasteiger partial charge >= 0.3 is 0 Å². The number of hydrogen-bond acceptors (Lipinski definition) is 8. The van der Waals surface area contributed by atoms with Crippen LogP contribution in [0.25, 0.3) is 16.2 Å². The zero-order valence-corrected chi connectivity index (χ0v) is 17.7. The number of benzene rings is 1. The van der Waals surface area contributed by atoms with Crippen molar-refractivity contribution in [3.8, 4) is 11.4 Å². The van der Waals surface area contributed by atoms with Crippen molar-refractivity contribution in [3.63, 3.8) is 0 Å². The van der Waals surface area contributed by atoms with Crippen LogP contribution in [0.3, 0.4) is 0 Å². The van der Waals surface area contributed by atoms with Crippen molar-refractivity contribution in [1.82, 2.24) is 15.0 Å². The number of azo groups is 1. The molecule has 9 nitrogen and oxygen atoms in total. The molecule has 2 heterocycles. The van der Waals surface area contributed by atoms with E-state index in [0.29, 0.717) is 47.8 Å². The number of rotatable bonds is 9. The molecule has 3 N–H and O–H groups in total. The van der Waals surface area contributed by atoms with Crippen LogP contribution in [-0.4, -0.2) is 34.7 Å². The molecular formula is C21H21ClN8O. The summed E-state index contributed by atoms with van der Waals surface area (Å²) in [5.74, 6) is 1.05. The Morgan fingerprint density at radius 2 is 2.00 bits per heavy atom. The fraction of sp³-hybridized carbons (Fsp3) is 0.238. The molecule has 0 unspecified atom stereocenters. The summed E-state index contributed by atoms with van der Waals surface area (Å²) >= 11 is 5.95. The fourth-order valence-corrected chi connectivity index (χ4v) is 2.79. The van der Waals surface area contributed by atoms with Gasteiger partial charge in [-0.1, -0.05) is 11.6 Å². The molecule has 3 aromatic rings. The third-order valence-corrected chi connectivity index (χ3v) is 4.36. The highest BCUT2D eigenvalue weighted by Crippen LogP contribution is 2.36. The van der Waals surface area contributed by atoms with E-state index in [0.717, 1.165) is 12.0 Å². The molecule has 0 aliphatic rings. The first kappa shape index (κ1) is 22.1. The van der Waals surface area contributed by atoms with E-state index in [9.17, 15) is 0 Å². The highest BCUT2D eigenvalue weighted by atomic mass is 35.5. The lowest BCUT2D eigenvalue weighted by atomic mass is 10.2. The summed E-state index contributed by atoms with van der Waals surface area (Å²) in [5.41, 5.74) is 7.93. The smallest absolute Gasteiger partial charge is 0.215 e. The molecule has 158 valence electrons. The van der Waals surface area contributed by atoms with Crippen LogP contribution in [0.4, 0.5) is 28.7 Å². The molecule has 31 heavy (non-hydrogen) atoms. The van der Waals surface area contributed by atoms with Crippen LogP contribution in [-0.2, 0) is 4.74 Å². The summed E-state index contributed by atoms with van der Waals surface area (Å²) in [6.07, 6.45) is 4.09. The van der Waals surface area contributed by atoms with Crippen molar-refractivity contribution >= 4 is 40.3 Å². The molecule has 0 atom stereocenters. The van der Waals surface area contributed by atoms with E-state index in [1.165, 1.54) is 6.07 Å². The van der Waals surface area contributed by atoms with Crippen LogP contribution in [0.5, 0.6) is 0 Å². The van der Waals surface area contributed by atoms with Gasteiger partial charge in [0.2, 0.25) is 5.69 Å². The summed E-state index contributed by atoms with van der Waals surface area (Å²) in [7, 11) is 0. The third-order valence-electron chi connectivity index (χ3n) is 4.13. The number of nitrogens with one attached hydrogen (secondary N) is 1. The second kappa shape index (κ2) is 11.0. The fourth-order valence-electron chi connectivity index (χ4n) is 2.62. The maximum absolute atomic E-state index is 7.30. The Balaban J connectivity index is 1.94. The minimum absolute atomic E-state index is 0.163. The maximum Gasteiger partial charge on any atom is 0.215 e. The molecule has 0 aliphatic carbocycles. The van der Waals surface area contributed by atoms with Gasteiger partial charge in [0.1, 0.15) is 0 Å². The van der Waals surface area contributed by atoms with Crippen LogP contribution in [0.1, 0.15) is 13.3 Å². The monoisotopic (exact) mass is 436 g/mol. The molecule has 1 aromatic carbocycles. The van der Waals surface area contributed by atoms with Crippen LogP contribution < -0.4 is 11.1 Å². The van der Waals surface area contributed by atoms with Gasteiger partial charge < -0.3 is 15.8 Å². The Labute approximate surface area is 185 Å². The van der Waals surface area contributed by atoms with Gasteiger partial charge in [0.25, 0.3) is 0 Å². The highest BCUT2D eigenvalue weighted by molar-refractivity contribution is 6.31. The van der Waals surface area contributed by atoms with E-state index in [1.54, 1.807) is 36.7 Å². The van der Waals surface area contributed by atoms with E-state index in [2.05, 4.69) is 35.3 Å². The van der Waals surface area contributed by atoms with Gasteiger partial charge in [0.15, 0.2) is 23.1 Å². The molecule has 0 aliphatic heterocycles. The van der Waals surface area contributed by atoms with Crippen molar-refractivity contribution in [2.24, 2.45) is 10.2 Å². The first-order valence-corrected chi connectivity index (χ1v) is 9.98. The number of hydrogen-bond donors (Lipinski definition) is 2. The van der Waals surface area contributed by atoms with E-state index >= 15 is 0 Å². The molecule has 3 rings (SSSR count). The molecule has 2 aromatic heterocycles. The molecule has 0 radical (unpaired) electrons. The summed E-state index contributed by atoms with van der Waals surface area (Å²) in [6, 6.07) is 8.39. The Morgan fingerprint density at radius 3 is 2.74 bits per heavy atom. The number of ether oxygens (including phenoxy) is 1. The number of aromatic nitrogens is 3. The normalized spacial score (nSPS) is 10.9. The molecule has 0 saturated carbocycles. The van der Waals surface area contributed by atoms with Gasteiger partial charge in [0, 0.05) is 42.7 Å². The first-order valence-electron chi connectivity index (χ1n) is 9.60. The average molecular weight is 437 g/mol. The van der Waals surface area contributed by atoms with E-state index < -0.39 is 0 Å². The number of anilines is 2. The van der Waals surface area contributed by atoms with Gasteiger partial charge in [-0.05, 0) is 43.7 Å². The Kier molecular flexibility index (Phi) is 7.81. The predicted octanol–water partition coefficient (Wildman–Crippen LogP) is 5.58.